The Labute approximate surface area is 179 Å². The Bertz CT molecular complexity index is 1250. The third kappa shape index (κ3) is 3.15. The minimum atomic E-state index is -2.66. The lowest BCUT2D eigenvalue weighted by molar-refractivity contribution is -0.253. The molecule has 0 aliphatic carbocycles. The van der Waals surface area contributed by atoms with Crippen molar-refractivity contribution in [3.8, 4) is 34.3 Å². The lowest BCUT2D eigenvalue weighted by Gasteiger charge is -2.44. The molecule has 2 aromatic carbocycles. The molecule has 0 amide bonds. The number of aromatic hydroxyl groups is 4. The maximum atomic E-state index is 12.8. The molecule has 8 N–H and O–H groups in total. The molecule has 1 fully saturated rings. The number of fused-ring (bicyclic) bond motifs is 1. The number of hydrogen-bond acceptors (Lipinski definition) is 11. The summed E-state index contributed by atoms with van der Waals surface area (Å²) >= 11 is 0. The number of phenolic OH excluding ortho intramolecular Hbond substituents is 4. The van der Waals surface area contributed by atoms with Gasteiger partial charge in [-0.2, -0.15) is 0 Å². The van der Waals surface area contributed by atoms with Gasteiger partial charge in [0.05, 0.1) is 18.8 Å². The van der Waals surface area contributed by atoms with Crippen LogP contribution in [0.3, 0.4) is 0 Å². The van der Waals surface area contributed by atoms with Gasteiger partial charge in [-0.1, -0.05) is 0 Å². The smallest absolute Gasteiger partial charge is 0.197 e. The molecule has 170 valence electrons. The average molecular weight is 448 g/mol. The standard InChI is InChI=1S/C21H20O11/c22-6-15-20(29)21(30,16(28)7-31-15)18-13(27)4-11(25)17-12(26)5-14(32-19(17)18)8-1-2-9(23)10(24)3-8/h1-5,15-16,20,22-25,27-30H,6-7H2/t15-,16+,20-,21-/m1/s1. The van der Waals surface area contributed by atoms with Gasteiger partial charge in [-0.05, 0) is 18.2 Å². The molecule has 1 aliphatic rings. The molecule has 0 bridgehead atoms. The molecule has 2 heterocycles. The van der Waals surface area contributed by atoms with E-state index in [1.807, 2.05) is 0 Å². The Morgan fingerprint density at radius 1 is 0.969 bits per heavy atom. The molecule has 0 unspecified atom stereocenters. The first-order chi connectivity index (χ1) is 15.1. The predicted octanol–water partition coefficient (Wildman–Crippen LogP) is -0.417. The summed E-state index contributed by atoms with van der Waals surface area (Å²) in [4.78, 5) is 12.8. The molecule has 1 aliphatic heterocycles. The Balaban J connectivity index is 2.06. The van der Waals surface area contributed by atoms with Crippen molar-refractivity contribution < 1.29 is 50.0 Å². The fourth-order valence-corrected chi connectivity index (χ4v) is 3.89. The third-order valence-corrected chi connectivity index (χ3v) is 5.58. The lowest BCUT2D eigenvalue weighted by Crippen LogP contribution is -2.61. The third-order valence-electron chi connectivity index (χ3n) is 5.58. The minimum absolute atomic E-state index is 0.126. The Morgan fingerprint density at radius 2 is 1.69 bits per heavy atom. The first-order valence-corrected chi connectivity index (χ1v) is 9.46. The van der Waals surface area contributed by atoms with E-state index < -0.39 is 82.1 Å². The number of aliphatic hydroxyl groups is 4. The summed E-state index contributed by atoms with van der Waals surface area (Å²) < 4.78 is 10.8. The normalized spacial score (nSPS) is 25.8. The van der Waals surface area contributed by atoms with E-state index in [2.05, 4.69) is 0 Å². The van der Waals surface area contributed by atoms with Gasteiger partial charge in [-0.25, -0.2) is 0 Å². The zero-order valence-corrected chi connectivity index (χ0v) is 16.3. The SMILES string of the molecule is O=c1cc(-c2ccc(O)c(O)c2)oc2c([C@@]3(O)[C@H](O)[C@@H](CO)OC[C@@H]3O)c(O)cc(O)c12. The summed E-state index contributed by atoms with van der Waals surface area (Å²) in [5.41, 5.74) is -4.48. The second kappa shape index (κ2) is 7.65. The van der Waals surface area contributed by atoms with E-state index in [-0.39, 0.29) is 11.3 Å². The van der Waals surface area contributed by atoms with Gasteiger partial charge >= 0.3 is 0 Å². The predicted molar refractivity (Wildman–Crippen MR) is 107 cm³/mol. The fraction of sp³-hybridized carbons (Fsp3) is 0.286. The van der Waals surface area contributed by atoms with Crippen LogP contribution < -0.4 is 5.43 Å². The number of rotatable bonds is 3. The number of hydrogen-bond donors (Lipinski definition) is 8. The molecule has 4 atom stereocenters. The van der Waals surface area contributed by atoms with Crippen LogP contribution in [0.1, 0.15) is 5.56 Å². The molecule has 0 spiro atoms. The van der Waals surface area contributed by atoms with E-state index in [0.717, 1.165) is 24.3 Å². The fourth-order valence-electron chi connectivity index (χ4n) is 3.89. The van der Waals surface area contributed by atoms with Gasteiger partial charge in [-0.3, -0.25) is 4.79 Å². The molecule has 1 aromatic heterocycles. The van der Waals surface area contributed by atoms with Gasteiger partial charge in [0.1, 0.15) is 41.0 Å². The van der Waals surface area contributed by atoms with Crippen molar-refractivity contribution in [3.63, 3.8) is 0 Å². The number of phenols is 4. The first-order valence-electron chi connectivity index (χ1n) is 9.46. The van der Waals surface area contributed by atoms with Gasteiger partial charge in [-0.15, -0.1) is 0 Å². The van der Waals surface area contributed by atoms with Crippen molar-refractivity contribution in [1.82, 2.24) is 0 Å². The second-order valence-electron chi connectivity index (χ2n) is 7.51. The minimum Gasteiger partial charge on any atom is -0.507 e. The summed E-state index contributed by atoms with van der Waals surface area (Å²) in [5, 5.41) is 81.5. The zero-order valence-electron chi connectivity index (χ0n) is 16.3. The highest BCUT2D eigenvalue weighted by atomic mass is 16.5. The Morgan fingerprint density at radius 3 is 2.34 bits per heavy atom. The van der Waals surface area contributed by atoms with Crippen LogP contribution in [0.15, 0.2) is 39.5 Å². The van der Waals surface area contributed by atoms with Crippen LogP contribution in [0, 0.1) is 0 Å². The maximum absolute atomic E-state index is 12.8. The van der Waals surface area contributed by atoms with Crippen LogP contribution in [-0.4, -0.2) is 72.4 Å². The number of ether oxygens (including phenoxy) is 1. The molecule has 1 saturated heterocycles. The first kappa shape index (κ1) is 21.9. The summed E-state index contributed by atoms with van der Waals surface area (Å²) in [6.07, 6.45) is -5.11. The van der Waals surface area contributed by atoms with Crippen LogP contribution in [0.5, 0.6) is 23.0 Å². The average Bonchev–Trinajstić information content (AvgIpc) is 2.73. The molecule has 3 aromatic rings. The highest BCUT2D eigenvalue weighted by molar-refractivity contribution is 5.90. The van der Waals surface area contributed by atoms with E-state index in [0.29, 0.717) is 0 Å². The highest BCUT2D eigenvalue weighted by Gasteiger charge is 2.54. The molecule has 11 nitrogen and oxygen atoms in total. The van der Waals surface area contributed by atoms with Crippen molar-refractivity contribution in [2.45, 2.75) is 23.9 Å². The van der Waals surface area contributed by atoms with E-state index >= 15 is 0 Å². The molecular weight excluding hydrogens is 428 g/mol. The van der Waals surface area contributed by atoms with Gasteiger partial charge in [0.25, 0.3) is 0 Å². The topological polar surface area (TPSA) is 201 Å². The Kier molecular flexibility index (Phi) is 5.23. The summed E-state index contributed by atoms with van der Waals surface area (Å²) in [7, 11) is 0. The van der Waals surface area contributed by atoms with Crippen molar-refractivity contribution in [3.05, 3.63) is 46.1 Å². The van der Waals surface area contributed by atoms with Gasteiger partial charge in [0.15, 0.2) is 28.1 Å². The number of aliphatic hydroxyl groups excluding tert-OH is 3. The van der Waals surface area contributed by atoms with Crippen LogP contribution in [-0.2, 0) is 10.3 Å². The van der Waals surface area contributed by atoms with Crippen molar-refractivity contribution in [1.29, 1.82) is 0 Å². The van der Waals surface area contributed by atoms with Gasteiger partial charge in [0.2, 0.25) is 0 Å². The summed E-state index contributed by atoms with van der Waals surface area (Å²) in [6, 6.07) is 5.28. The molecule has 0 radical (unpaired) electrons. The second-order valence-corrected chi connectivity index (χ2v) is 7.51. The van der Waals surface area contributed by atoms with Crippen molar-refractivity contribution in [2.24, 2.45) is 0 Å². The van der Waals surface area contributed by atoms with Gasteiger partial charge < -0.3 is 50.0 Å². The van der Waals surface area contributed by atoms with Crippen LogP contribution in [0.2, 0.25) is 0 Å². The lowest BCUT2D eigenvalue weighted by atomic mass is 9.78. The molecule has 32 heavy (non-hydrogen) atoms. The summed E-state index contributed by atoms with van der Waals surface area (Å²) in [5.74, 6) is -2.60. The number of benzene rings is 2. The molecule has 0 saturated carbocycles. The molecule has 4 rings (SSSR count). The van der Waals surface area contributed by atoms with E-state index in [1.165, 1.54) is 6.07 Å². The highest BCUT2D eigenvalue weighted by Crippen LogP contribution is 2.46. The van der Waals surface area contributed by atoms with E-state index in [4.69, 9.17) is 9.15 Å². The van der Waals surface area contributed by atoms with Gasteiger partial charge in [0, 0.05) is 17.7 Å². The van der Waals surface area contributed by atoms with E-state index in [1.54, 1.807) is 0 Å². The van der Waals surface area contributed by atoms with Crippen molar-refractivity contribution in [2.75, 3.05) is 13.2 Å². The summed E-state index contributed by atoms with van der Waals surface area (Å²) in [6.45, 7) is -1.26. The van der Waals surface area contributed by atoms with Crippen LogP contribution in [0.4, 0.5) is 0 Å². The van der Waals surface area contributed by atoms with Crippen molar-refractivity contribution >= 4 is 11.0 Å². The monoisotopic (exact) mass is 448 g/mol. The molecule has 11 heteroatoms. The Hall–Kier alpha value is -3.35. The zero-order chi connectivity index (χ0) is 23.4. The van der Waals surface area contributed by atoms with Crippen LogP contribution in [0.25, 0.3) is 22.3 Å². The van der Waals surface area contributed by atoms with Crippen LogP contribution >= 0.6 is 0 Å². The largest absolute Gasteiger partial charge is 0.507 e. The van der Waals surface area contributed by atoms with E-state index in [9.17, 15) is 45.6 Å². The maximum Gasteiger partial charge on any atom is 0.197 e. The molecular formula is C21H20O11. The quantitative estimate of drug-likeness (QED) is 0.242.